The van der Waals surface area contributed by atoms with E-state index in [4.69, 9.17) is 9.84 Å². The molecule has 2 aromatic carbocycles. The summed E-state index contributed by atoms with van der Waals surface area (Å²) >= 11 is 0. The number of hydrogen-bond donors (Lipinski definition) is 4. The fourth-order valence-electron chi connectivity index (χ4n) is 4.42. The Bertz CT molecular complexity index is 1140. The smallest absolute Gasteiger partial charge is 0.295 e. The number of aromatic amines is 1. The highest BCUT2D eigenvalue weighted by molar-refractivity contribution is 6.07. The third kappa shape index (κ3) is 4.56. The van der Waals surface area contributed by atoms with Crippen LogP contribution in [0, 0.1) is 0 Å². The number of ether oxygens (including phenoxy) is 1. The summed E-state index contributed by atoms with van der Waals surface area (Å²) in [6, 6.07) is 7.03. The third-order valence-corrected chi connectivity index (χ3v) is 6.26. The van der Waals surface area contributed by atoms with E-state index in [-0.39, 0.29) is 17.4 Å². The molecule has 1 fully saturated rings. The molecular weight excluding hydrogens is 430 g/mol. The number of nitrogens with one attached hydrogen (secondary N) is 3. The molecular formula is C24H28F2N4O3. The predicted molar refractivity (Wildman–Crippen MR) is 121 cm³/mol. The lowest BCUT2D eigenvalue weighted by atomic mass is 9.88. The van der Waals surface area contributed by atoms with Gasteiger partial charge >= 0.3 is 0 Å². The number of alkyl halides is 2. The maximum absolute atomic E-state index is 13.9. The lowest BCUT2D eigenvalue weighted by molar-refractivity contribution is -0.0556. The first-order valence-electron chi connectivity index (χ1n) is 11.0. The first-order chi connectivity index (χ1) is 15.9. The average Bonchev–Trinajstić information content (AvgIpc) is 3.33. The van der Waals surface area contributed by atoms with E-state index in [2.05, 4.69) is 20.8 Å². The molecule has 4 rings (SSSR count). The van der Waals surface area contributed by atoms with Crippen LogP contribution in [0.15, 0.2) is 36.5 Å². The summed E-state index contributed by atoms with van der Waals surface area (Å²) in [5.41, 5.74) is 2.15. The highest BCUT2D eigenvalue weighted by Gasteiger charge is 2.31. The molecule has 1 aliphatic heterocycles. The molecule has 1 aliphatic rings. The van der Waals surface area contributed by atoms with Crippen molar-refractivity contribution in [2.45, 2.75) is 37.6 Å². The number of amides is 1. The number of carbonyl (C=O) groups is 1. The van der Waals surface area contributed by atoms with Gasteiger partial charge in [-0.05, 0) is 44.0 Å². The molecule has 2 atom stereocenters. The summed E-state index contributed by atoms with van der Waals surface area (Å²) in [6.45, 7) is 2.21. The van der Waals surface area contributed by atoms with Crippen molar-refractivity contribution in [2.75, 3.05) is 26.8 Å². The molecule has 9 heteroatoms. The SMILES string of the molecule is COc1c(C2CCCNC2)cc(C(=O)NC(C)c2cccc(C(F)(F)CO)c2)c2[nH]ncc12. The number of aliphatic hydroxyl groups excluding tert-OH is 1. The van der Waals surface area contributed by atoms with Gasteiger partial charge in [0.05, 0.1) is 35.8 Å². The Kier molecular flexibility index (Phi) is 6.62. The zero-order valence-corrected chi connectivity index (χ0v) is 18.6. The maximum atomic E-state index is 13.9. The van der Waals surface area contributed by atoms with Gasteiger partial charge in [0.1, 0.15) is 12.4 Å². The lowest BCUT2D eigenvalue weighted by Gasteiger charge is -2.26. The Morgan fingerprint density at radius 1 is 1.39 bits per heavy atom. The van der Waals surface area contributed by atoms with Crippen molar-refractivity contribution < 1.29 is 23.4 Å². The molecule has 4 N–H and O–H groups in total. The molecule has 1 aromatic heterocycles. The second kappa shape index (κ2) is 9.44. The van der Waals surface area contributed by atoms with Crippen LogP contribution < -0.4 is 15.4 Å². The van der Waals surface area contributed by atoms with Crippen LogP contribution >= 0.6 is 0 Å². The van der Waals surface area contributed by atoms with Crippen LogP contribution in [0.25, 0.3) is 10.9 Å². The van der Waals surface area contributed by atoms with Crippen LogP contribution in [0.5, 0.6) is 5.75 Å². The van der Waals surface area contributed by atoms with Crippen molar-refractivity contribution in [3.63, 3.8) is 0 Å². The number of halogens is 2. The van der Waals surface area contributed by atoms with Gasteiger partial charge in [-0.2, -0.15) is 13.9 Å². The van der Waals surface area contributed by atoms with E-state index in [0.29, 0.717) is 22.4 Å². The van der Waals surface area contributed by atoms with Crippen LogP contribution in [-0.2, 0) is 5.92 Å². The van der Waals surface area contributed by atoms with E-state index >= 15 is 0 Å². The van der Waals surface area contributed by atoms with E-state index in [1.807, 2.05) is 6.07 Å². The highest BCUT2D eigenvalue weighted by Crippen LogP contribution is 2.38. The molecule has 1 saturated heterocycles. The van der Waals surface area contributed by atoms with Gasteiger partial charge in [-0.25, -0.2) is 0 Å². The van der Waals surface area contributed by atoms with Crippen molar-refractivity contribution in [1.82, 2.24) is 20.8 Å². The minimum atomic E-state index is -3.35. The monoisotopic (exact) mass is 458 g/mol. The van der Waals surface area contributed by atoms with Gasteiger partial charge < -0.3 is 20.5 Å². The molecule has 2 unspecified atom stereocenters. The number of aromatic nitrogens is 2. The topological polar surface area (TPSA) is 99.3 Å². The zero-order chi connectivity index (χ0) is 23.6. The molecule has 0 spiro atoms. The van der Waals surface area contributed by atoms with Crippen molar-refractivity contribution in [3.05, 3.63) is 58.8 Å². The molecule has 0 aliphatic carbocycles. The van der Waals surface area contributed by atoms with Crippen LogP contribution in [0.3, 0.4) is 0 Å². The Labute approximate surface area is 190 Å². The Balaban J connectivity index is 1.66. The third-order valence-electron chi connectivity index (χ3n) is 6.26. The minimum Gasteiger partial charge on any atom is -0.496 e. The Morgan fingerprint density at radius 2 is 2.21 bits per heavy atom. The molecule has 3 aromatic rings. The number of carbonyl (C=O) groups excluding carboxylic acids is 1. The van der Waals surface area contributed by atoms with Gasteiger partial charge in [-0.15, -0.1) is 0 Å². The largest absolute Gasteiger partial charge is 0.496 e. The Hall–Kier alpha value is -3.04. The normalized spacial score (nSPS) is 17.7. The number of methoxy groups -OCH3 is 1. The number of benzene rings is 2. The van der Waals surface area contributed by atoms with E-state index in [1.54, 1.807) is 26.3 Å². The van der Waals surface area contributed by atoms with E-state index in [1.165, 1.54) is 18.2 Å². The zero-order valence-electron chi connectivity index (χ0n) is 18.6. The van der Waals surface area contributed by atoms with Crippen molar-refractivity contribution in [3.8, 4) is 5.75 Å². The molecule has 33 heavy (non-hydrogen) atoms. The van der Waals surface area contributed by atoms with Crippen molar-refractivity contribution in [2.24, 2.45) is 0 Å². The van der Waals surface area contributed by atoms with Crippen LogP contribution in [0.4, 0.5) is 8.78 Å². The van der Waals surface area contributed by atoms with E-state index in [9.17, 15) is 13.6 Å². The standard InChI is InChI=1S/C24H28F2N4O3/c1-14(15-5-3-7-17(9-15)24(25,26)13-31)29-23(32)19-10-18(16-6-4-8-27-11-16)22(33-2)20-12-28-30-21(19)20/h3,5,7,9-10,12,14,16,27,31H,4,6,8,11,13H2,1-2H3,(H,28,30)(H,29,32). The van der Waals surface area contributed by atoms with Gasteiger partial charge in [-0.1, -0.05) is 18.2 Å². The average molecular weight is 459 g/mol. The number of hydrogen-bond acceptors (Lipinski definition) is 5. The van der Waals surface area contributed by atoms with Crippen LogP contribution in [-0.4, -0.2) is 48.0 Å². The van der Waals surface area contributed by atoms with E-state index in [0.717, 1.165) is 36.9 Å². The number of piperidine rings is 1. The molecule has 0 radical (unpaired) electrons. The van der Waals surface area contributed by atoms with Gasteiger partial charge in [0.25, 0.3) is 11.8 Å². The Morgan fingerprint density at radius 3 is 2.91 bits per heavy atom. The predicted octanol–water partition coefficient (Wildman–Crippen LogP) is 3.61. The summed E-state index contributed by atoms with van der Waals surface area (Å²) in [7, 11) is 1.61. The second-order valence-electron chi connectivity index (χ2n) is 8.43. The van der Waals surface area contributed by atoms with E-state index < -0.39 is 18.6 Å². The van der Waals surface area contributed by atoms with Gasteiger partial charge in [0.15, 0.2) is 0 Å². The number of aliphatic hydroxyl groups is 1. The highest BCUT2D eigenvalue weighted by atomic mass is 19.3. The molecule has 7 nitrogen and oxygen atoms in total. The summed E-state index contributed by atoms with van der Waals surface area (Å²) in [4.78, 5) is 13.3. The van der Waals surface area contributed by atoms with Gasteiger partial charge in [-0.3, -0.25) is 9.89 Å². The lowest BCUT2D eigenvalue weighted by Crippen LogP contribution is -2.30. The summed E-state index contributed by atoms with van der Waals surface area (Å²) in [6.07, 6.45) is 3.66. The summed E-state index contributed by atoms with van der Waals surface area (Å²) in [5.74, 6) is -2.78. The number of H-pyrrole nitrogens is 1. The molecule has 1 amide bonds. The fraction of sp³-hybridized carbons (Fsp3) is 0.417. The molecule has 0 saturated carbocycles. The number of fused-ring (bicyclic) bond motifs is 1. The van der Waals surface area contributed by atoms with Crippen molar-refractivity contribution >= 4 is 16.8 Å². The minimum absolute atomic E-state index is 0.203. The molecule has 2 heterocycles. The molecule has 176 valence electrons. The van der Waals surface area contributed by atoms with Crippen molar-refractivity contribution in [1.29, 1.82) is 0 Å². The maximum Gasteiger partial charge on any atom is 0.295 e. The van der Waals surface area contributed by atoms with Crippen LogP contribution in [0.2, 0.25) is 0 Å². The van der Waals surface area contributed by atoms with Crippen LogP contribution in [0.1, 0.15) is 58.8 Å². The summed E-state index contributed by atoms with van der Waals surface area (Å²) in [5, 5.41) is 23.0. The quantitative estimate of drug-likeness (QED) is 0.434. The summed E-state index contributed by atoms with van der Waals surface area (Å²) < 4.78 is 33.5. The molecule has 0 bridgehead atoms. The van der Waals surface area contributed by atoms with Gasteiger partial charge in [0.2, 0.25) is 0 Å². The number of nitrogens with zero attached hydrogens (tertiary/aromatic N) is 1. The second-order valence-corrected chi connectivity index (χ2v) is 8.43. The fourth-order valence-corrected chi connectivity index (χ4v) is 4.42. The first kappa shape index (κ1) is 23.1. The number of rotatable bonds is 7. The van der Waals surface area contributed by atoms with Gasteiger partial charge in [0, 0.05) is 23.6 Å². The first-order valence-corrected chi connectivity index (χ1v) is 11.0.